The molecule has 9 heteroatoms. The topological polar surface area (TPSA) is 83.8 Å². The van der Waals surface area contributed by atoms with E-state index in [2.05, 4.69) is 47.4 Å². The molecule has 126 valence electrons. The van der Waals surface area contributed by atoms with Gasteiger partial charge in [-0.05, 0) is 57.0 Å². The predicted molar refractivity (Wildman–Crippen MR) is 99.0 cm³/mol. The fourth-order valence-corrected chi connectivity index (χ4v) is 2.78. The molecule has 1 heterocycles. The molecule has 2 aromatic rings. The first-order chi connectivity index (χ1) is 11.5. The third kappa shape index (κ3) is 4.25. The van der Waals surface area contributed by atoms with E-state index < -0.39 is 5.91 Å². The van der Waals surface area contributed by atoms with E-state index in [1.165, 1.54) is 12.4 Å². The number of amides is 1. The highest BCUT2D eigenvalue weighted by Gasteiger charge is 2.14. The van der Waals surface area contributed by atoms with Crippen LogP contribution in [0.1, 0.15) is 22.8 Å². The van der Waals surface area contributed by atoms with Crippen LogP contribution in [-0.2, 0) is 0 Å². The molecule has 1 amide bonds. The third-order valence-corrected chi connectivity index (χ3v) is 5.31. The number of carbonyl (C=O) groups excluding carboxylic acids is 1. The van der Waals surface area contributed by atoms with Crippen molar-refractivity contribution >= 4 is 55.6 Å². The number of ether oxygens (including phenoxy) is 1. The van der Waals surface area contributed by atoms with Gasteiger partial charge in [0.1, 0.15) is 5.15 Å². The summed E-state index contributed by atoms with van der Waals surface area (Å²) in [5.74, 6) is -0.203. The second-order valence-corrected chi connectivity index (χ2v) is 6.36. The van der Waals surface area contributed by atoms with E-state index in [-0.39, 0.29) is 16.5 Å². The Bertz CT molecular complexity index is 800. The normalized spacial score (nSPS) is 10.8. The zero-order valence-corrected chi connectivity index (χ0v) is 16.3. The monoisotopic (exact) mass is 475 g/mol. The third-order valence-electron chi connectivity index (χ3n) is 2.85. The molecule has 0 atom stereocenters. The van der Waals surface area contributed by atoms with Crippen molar-refractivity contribution in [3.8, 4) is 11.5 Å². The van der Waals surface area contributed by atoms with E-state index in [4.69, 9.17) is 16.3 Å². The summed E-state index contributed by atoms with van der Waals surface area (Å²) in [7, 11) is 0. The van der Waals surface area contributed by atoms with Crippen LogP contribution in [0.25, 0.3) is 0 Å². The first kappa shape index (κ1) is 18.7. The smallest absolute Gasteiger partial charge is 0.274 e. The molecule has 0 saturated carbocycles. The van der Waals surface area contributed by atoms with Crippen molar-refractivity contribution in [2.45, 2.75) is 6.92 Å². The van der Waals surface area contributed by atoms with Crippen LogP contribution in [0, 0.1) is 0 Å². The Kier molecular flexibility index (Phi) is 6.59. The van der Waals surface area contributed by atoms with Crippen molar-refractivity contribution in [2.24, 2.45) is 5.10 Å². The Hall–Kier alpha value is -1.64. The van der Waals surface area contributed by atoms with E-state index in [9.17, 15) is 9.90 Å². The first-order valence-corrected chi connectivity index (χ1v) is 8.69. The summed E-state index contributed by atoms with van der Waals surface area (Å²) < 4.78 is 6.35. The number of carbonyl (C=O) groups is 1. The maximum atomic E-state index is 12.0. The van der Waals surface area contributed by atoms with Crippen LogP contribution in [0.3, 0.4) is 0 Å². The van der Waals surface area contributed by atoms with Crippen molar-refractivity contribution in [3.63, 3.8) is 0 Å². The van der Waals surface area contributed by atoms with Crippen molar-refractivity contribution in [2.75, 3.05) is 6.61 Å². The fraction of sp³-hybridized carbons (Fsp3) is 0.133. The predicted octanol–water partition coefficient (Wildman–Crippen LogP) is 4.13. The number of aromatic nitrogens is 1. The lowest BCUT2D eigenvalue weighted by atomic mass is 10.2. The fourth-order valence-electron chi connectivity index (χ4n) is 1.75. The first-order valence-electron chi connectivity index (χ1n) is 6.73. The van der Waals surface area contributed by atoms with Crippen LogP contribution < -0.4 is 10.2 Å². The van der Waals surface area contributed by atoms with Gasteiger partial charge in [0, 0.05) is 16.2 Å². The highest BCUT2D eigenvalue weighted by molar-refractivity contribution is 9.13. The molecule has 2 N–H and O–H groups in total. The number of phenolic OH excluding ortho intramolecular Hbond substituents is 1. The number of hydrogen-bond donors (Lipinski definition) is 2. The van der Waals surface area contributed by atoms with Gasteiger partial charge < -0.3 is 9.84 Å². The second-order valence-electron chi connectivity index (χ2n) is 4.41. The van der Waals surface area contributed by atoms with Gasteiger partial charge in [-0.3, -0.25) is 4.79 Å². The maximum Gasteiger partial charge on any atom is 0.274 e. The summed E-state index contributed by atoms with van der Waals surface area (Å²) in [5.41, 5.74) is 3.19. The van der Waals surface area contributed by atoms with E-state index in [1.807, 2.05) is 0 Å². The Morgan fingerprint density at radius 2 is 2.25 bits per heavy atom. The molecule has 1 aromatic heterocycles. The molecule has 6 nitrogen and oxygen atoms in total. The molecule has 1 aromatic carbocycles. The molecular formula is C15H12Br2ClN3O3. The van der Waals surface area contributed by atoms with Gasteiger partial charge in [-0.25, -0.2) is 10.4 Å². The van der Waals surface area contributed by atoms with Gasteiger partial charge in [0.15, 0.2) is 11.5 Å². The van der Waals surface area contributed by atoms with Gasteiger partial charge in [-0.2, -0.15) is 5.10 Å². The lowest BCUT2D eigenvalue weighted by Crippen LogP contribution is -2.18. The van der Waals surface area contributed by atoms with E-state index in [0.29, 0.717) is 26.9 Å². The number of nitrogens with one attached hydrogen (secondary N) is 1. The standard InChI is InChI=1S/C15H12Br2ClN3O3/c1-2-24-10-6-8(11(16)12(17)13(10)22)7-20-21-15(23)9-4-3-5-19-14(9)18/h3-7,22H,2H2,1H3,(H,21,23). The number of benzene rings is 1. The minimum atomic E-state index is -0.483. The molecule has 2 rings (SSSR count). The molecule has 0 aliphatic carbocycles. The maximum absolute atomic E-state index is 12.0. The Balaban J connectivity index is 2.20. The molecular weight excluding hydrogens is 465 g/mol. The summed E-state index contributed by atoms with van der Waals surface area (Å²) in [6, 6.07) is 4.74. The molecule has 0 radical (unpaired) electrons. The van der Waals surface area contributed by atoms with Crippen LogP contribution in [0.4, 0.5) is 0 Å². The summed E-state index contributed by atoms with van der Waals surface area (Å²) in [5, 5.41) is 14.0. The van der Waals surface area contributed by atoms with Crippen LogP contribution >= 0.6 is 43.5 Å². The van der Waals surface area contributed by atoms with Crippen LogP contribution in [0.2, 0.25) is 5.15 Å². The highest BCUT2D eigenvalue weighted by atomic mass is 79.9. The lowest BCUT2D eigenvalue weighted by molar-refractivity contribution is 0.0955. The Morgan fingerprint density at radius 1 is 1.50 bits per heavy atom. The lowest BCUT2D eigenvalue weighted by Gasteiger charge is -2.10. The van der Waals surface area contributed by atoms with E-state index in [1.54, 1.807) is 25.1 Å². The minimum Gasteiger partial charge on any atom is -0.503 e. The van der Waals surface area contributed by atoms with Crippen LogP contribution in [0.15, 0.2) is 38.4 Å². The highest BCUT2D eigenvalue weighted by Crippen LogP contribution is 2.41. The number of rotatable bonds is 5. The summed E-state index contributed by atoms with van der Waals surface area (Å²) in [6.45, 7) is 2.20. The SMILES string of the molecule is CCOc1cc(C=NNC(=O)c2cccnc2Cl)c(Br)c(Br)c1O. The van der Waals surface area contributed by atoms with Crippen molar-refractivity contribution in [1.29, 1.82) is 0 Å². The number of phenols is 1. The van der Waals surface area contributed by atoms with Gasteiger partial charge in [0.2, 0.25) is 0 Å². The quantitative estimate of drug-likeness (QED) is 0.385. The van der Waals surface area contributed by atoms with E-state index >= 15 is 0 Å². The zero-order chi connectivity index (χ0) is 17.7. The second kappa shape index (κ2) is 8.46. The number of halogens is 3. The Labute approximate surface area is 160 Å². The van der Waals surface area contributed by atoms with Gasteiger partial charge in [-0.1, -0.05) is 11.6 Å². The molecule has 0 aliphatic heterocycles. The largest absolute Gasteiger partial charge is 0.503 e. The van der Waals surface area contributed by atoms with Crippen molar-refractivity contribution in [3.05, 3.63) is 49.6 Å². The molecule has 0 spiro atoms. The summed E-state index contributed by atoms with van der Waals surface area (Å²) >= 11 is 12.5. The molecule has 0 unspecified atom stereocenters. The van der Waals surface area contributed by atoms with Crippen LogP contribution in [0.5, 0.6) is 11.5 Å². The van der Waals surface area contributed by atoms with Gasteiger partial charge in [0.25, 0.3) is 5.91 Å². The van der Waals surface area contributed by atoms with Crippen LogP contribution in [-0.4, -0.2) is 28.8 Å². The minimum absolute atomic E-state index is 0.0212. The molecule has 0 aliphatic rings. The number of pyridine rings is 1. The average molecular weight is 478 g/mol. The van der Waals surface area contributed by atoms with Gasteiger partial charge in [0.05, 0.1) is 22.9 Å². The average Bonchev–Trinajstić information content (AvgIpc) is 2.57. The molecule has 0 saturated heterocycles. The number of hydrazone groups is 1. The summed E-state index contributed by atoms with van der Waals surface area (Å²) in [6.07, 6.45) is 2.90. The van der Waals surface area contributed by atoms with Crippen molar-refractivity contribution < 1.29 is 14.6 Å². The Morgan fingerprint density at radius 3 is 2.92 bits per heavy atom. The molecule has 0 fully saturated rings. The number of aromatic hydroxyl groups is 1. The van der Waals surface area contributed by atoms with Gasteiger partial charge >= 0.3 is 0 Å². The number of nitrogens with zero attached hydrogens (tertiary/aromatic N) is 2. The van der Waals surface area contributed by atoms with Gasteiger partial charge in [-0.15, -0.1) is 0 Å². The molecule has 24 heavy (non-hydrogen) atoms. The number of hydrogen-bond acceptors (Lipinski definition) is 5. The van der Waals surface area contributed by atoms with E-state index in [0.717, 1.165) is 0 Å². The van der Waals surface area contributed by atoms with Crippen molar-refractivity contribution in [1.82, 2.24) is 10.4 Å². The summed E-state index contributed by atoms with van der Waals surface area (Å²) in [4.78, 5) is 15.8. The molecule has 0 bridgehead atoms. The zero-order valence-electron chi connectivity index (χ0n) is 12.4.